The van der Waals surface area contributed by atoms with Crippen LogP contribution in [0.4, 0.5) is 0 Å². The Morgan fingerprint density at radius 1 is 1.48 bits per heavy atom. The quantitative estimate of drug-likeness (QED) is 0.878. The van der Waals surface area contributed by atoms with Crippen molar-refractivity contribution >= 4 is 30.7 Å². The van der Waals surface area contributed by atoms with Gasteiger partial charge in [-0.3, -0.25) is 4.79 Å². The Balaban J connectivity index is 0.00000110. The van der Waals surface area contributed by atoms with E-state index in [0.717, 1.165) is 44.7 Å². The maximum absolute atomic E-state index is 12.1. The maximum atomic E-state index is 12.1. The third-order valence-electron chi connectivity index (χ3n) is 4.68. The van der Waals surface area contributed by atoms with Crippen molar-refractivity contribution in [2.45, 2.75) is 32.7 Å². The molecule has 1 spiro atoms. The predicted molar refractivity (Wildman–Crippen MR) is 87.1 cm³/mol. The molecule has 3 rings (SSSR count). The highest BCUT2D eigenvalue weighted by atomic mass is 35.5. The summed E-state index contributed by atoms with van der Waals surface area (Å²) in [5.41, 5.74) is 0.334. The lowest BCUT2D eigenvalue weighted by Gasteiger charge is -2.23. The molecule has 2 aliphatic rings. The summed E-state index contributed by atoms with van der Waals surface area (Å²) < 4.78 is 2.06. The number of nitrogens with one attached hydrogen (secondary N) is 2. The van der Waals surface area contributed by atoms with Crippen molar-refractivity contribution in [2.75, 3.05) is 19.6 Å². The molecule has 120 valence electrons. The summed E-state index contributed by atoms with van der Waals surface area (Å²) >= 11 is 0. The second-order valence-corrected chi connectivity index (χ2v) is 5.83. The minimum Gasteiger partial charge on any atom is -0.354 e. The molecule has 1 amide bonds. The van der Waals surface area contributed by atoms with E-state index in [1.54, 1.807) is 6.20 Å². The van der Waals surface area contributed by atoms with E-state index in [0.29, 0.717) is 12.0 Å². The molecule has 7 heteroatoms. The minimum atomic E-state index is 0. The van der Waals surface area contributed by atoms with Gasteiger partial charge in [0, 0.05) is 31.4 Å². The van der Waals surface area contributed by atoms with Gasteiger partial charge < -0.3 is 15.2 Å². The molecule has 21 heavy (non-hydrogen) atoms. The largest absolute Gasteiger partial charge is 0.354 e. The number of aryl methyl sites for hydroxylation is 1. The number of carbonyl (C=O) groups is 1. The smallest absolute Gasteiger partial charge is 0.223 e. The summed E-state index contributed by atoms with van der Waals surface area (Å²) in [6.45, 7) is 5.61. The normalized spacial score (nSPS) is 22.0. The highest BCUT2D eigenvalue weighted by Gasteiger charge is 2.57. The number of nitrogens with zero attached hydrogens (tertiary/aromatic N) is 2. The van der Waals surface area contributed by atoms with Crippen LogP contribution < -0.4 is 10.6 Å². The van der Waals surface area contributed by atoms with Gasteiger partial charge in [0.2, 0.25) is 5.91 Å². The minimum absolute atomic E-state index is 0. The molecule has 1 aliphatic heterocycles. The molecule has 0 aromatic carbocycles. The zero-order valence-electron chi connectivity index (χ0n) is 12.3. The topological polar surface area (TPSA) is 59.0 Å². The van der Waals surface area contributed by atoms with Crippen molar-refractivity contribution in [2.24, 2.45) is 11.3 Å². The summed E-state index contributed by atoms with van der Waals surface area (Å²) in [6, 6.07) is 0. The van der Waals surface area contributed by atoms with Crippen LogP contribution in [0.25, 0.3) is 0 Å². The number of imidazole rings is 1. The van der Waals surface area contributed by atoms with Crippen molar-refractivity contribution in [1.82, 2.24) is 20.2 Å². The third-order valence-corrected chi connectivity index (χ3v) is 4.68. The van der Waals surface area contributed by atoms with Crippen LogP contribution in [0.3, 0.4) is 0 Å². The van der Waals surface area contributed by atoms with Crippen LogP contribution in [0.5, 0.6) is 0 Å². The van der Waals surface area contributed by atoms with Crippen LogP contribution >= 0.6 is 24.8 Å². The van der Waals surface area contributed by atoms with Crippen LogP contribution in [0.1, 0.15) is 25.1 Å². The Morgan fingerprint density at radius 2 is 2.19 bits per heavy atom. The fraction of sp³-hybridized carbons (Fsp3) is 0.714. The van der Waals surface area contributed by atoms with Gasteiger partial charge in [-0.15, -0.1) is 24.8 Å². The van der Waals surface area contributed by atoms with Crippen LogP contribution in [-0.2, 0) is 11.3 Å². The first-order valence-corrected chi connectivity index (χ1v) is 7.17. The van der Waals surface area contributed by atoms with Gasteiger partial charge in [-0.1, -0.05) is 0 Å². The van der Waals surface area contributed by atoms with Crippen molar-refractivity contribution in [3.05, 3.63) is 18.2 Å². The van der Waals surface area contributed by atoms with Gasteiger partial charge in [0.1, 0.15) is 5.82 Å². The third kappa shape index (κ3) is 3.90. The second kappa shape index (κ2) is 7.47. The molecule has 1 saturated heterocycles. The predicted octanol–water partition coefficient (Wildman–Crippen LogP) is 1.54. The highest BCUT2D eigenvalue weighted by molar-refractivity contribution is 5.85. The van der Waals surface area contributed by atoms with Crippen molar-refractivity contribution in [3.63, 3.8) is 0 Å². The lowest BCUT2D eigenvalue weighted by Crippen LogP contribution is -2.34. The lowest BCUT2D eigenvalue weighted by atomic mass is 9.92. The van der Waals surface area contributed by atoms with Crippen LogP contribution in [0.2, 0.25) is 0 Å². The van der Waals surface area contributed by atoms with Gasteiger partial charge in [0.25, 0.3) is 0 Å². The van der Waals surface area contributed by atoms with E-state index in [4.69, 9.17) is 0 Å². The van der Waals surface area contributed by atoms with Crippen LogP contribution in [0, 0.1) is 18.3 Å². The summed E-state index contributed by atoms with van der Waals surface area (Å²) in [6.07, 6.45) is 7.15. The molecule has 0 bridgehead atoms. The standard InChI is InChI=1S/C14H22N4O.2ClH/c1-11-16-6-8-18(11)9-7-17-13(19)12-10-14(12)2-4-15-5-3-14;;/h6,8,12,15H,2-5,7,9-10H2,1H3,(H,17,19);2*1H. The fourth-order valence-corrected chi connectivity index (χ4v) is 3.26. The zero-order valence-corrected chi connectivity index (χ0v) is 13.9. The number of carbonyl (C=O) groups excluding carboxylic acids is 1. The van der Waals surface area contributed by atoms with Gasteiger partial charge in [0.05, 0.1) is 0 Å². The van der Waals surface area contributed by atoms with E-state index in [-0.39, 0.29) is 36.6 Å². The first-order valence-electron chi connectivity index (χ1n) is 7.17. The average molecular weight is 335 g/mol. The lowest BCUT2D eigenvalue weighted by molar-refractivity contribution is -0.123. The number of aromatic nitrogens is 2. The average Bonchev–Trinajstić information content (AvgIpc) is 2.94. The molecule has 1 saturated carbocycles. The maximum Gasteiger partial charge on any atom is 0.223 e. The van der Waals surface area contributed by atoms with Crippen molar-refractivity contribution in [3.8, 4) is 0 Å². The molecule has 1 atom stereocenters. The molecule has 1 aromatic rings. The molecule has 2 heterocycles. The first kappa shape index (κ1) is 18.3. The van der Waals surface area contributed by atoms with E-state index in [1.165, 1.54) is 0 Å². The van der Waals surface area contributed by atoms with Gasteiger partial charge in [-0.2, -0.15) is 0 Å². The summed E-state index contributed by atoms with van der Waals surface area (Å²) in [7, 11) is 0. The fourth-order valence-electron chi connectivity index (χ4n) is 3.26. The van der Waals surface area contributed by atoms with Gasteiger partial charge in [-0.25, -0.2) is 4.98 Å². The van der Waals surface area contributed by atoms with Gasteiger partial charge in [-0.05, 0) is 44.7 Å². The van der Waals surface area contributed by atoms with Crippen LogP contribution in [-0.4, -0.2) is 35.1 Å². The van der Waals surface area contributed by atoms with Crippen molar-refractivity contribution < 1.29 is 4.79 Å². The van der Waals surface area contributed by atoms with E-state index in [2.05, 4.69) is 20.2 Å². The van der Waals surface area contributed by atoms with E-state index >= 15 is 0 Å². The zero-order chi connectivity index (χ0) is 13.3. The number of hydrogen-bond acceptors (Lipinski definition) is 3. The Labute approximate surface area is 138 Å². The summed E-state index contributed by atoms with van der Waals surface area (Å²) in [5.74, 6) is 1.51. The Kier molecular flexibility index (Phi) is 6.50. The number of rotatable bonds is 4. The Hall–Kier alpha value is -0.780. The van der Waals surface area contributed by atoms with Crippen LogP contribution in [0.15, 0.2) is 12.4 Å². The highest BCUT2D eigenvalue weighted by Crippen LogP contribution is 2.58. The number of amides is 1. The first-order chi connectivity index (χ1) is 9.21. The molecule has 1 aliphatic carbocycles. The van der Waals surface area contributed by atoms with Gasteiger partial charge in [0.15, 0.2) is 0 Å². The number of piperidine rings is 1. The Bertz CT molecular complexity index is 471. The number of hydrogen-bond donors (Lipinski definition) is 2. The summed E-state index contributed by atoms with van der Waals surface area (Å²) in [5, 5.41) is 6.44. The molecule has 1 aromatic heterocycles. The SMILES string of the molecule is Cc1nccn1CCNC(=O)C1CC12CCNCC2.Cl.Cl. The molecule has 0 radical (unpaired) electrons. The number of halogens is 2. The van der Waals surface area contributed by atoms with Gasteiger partial charge >= 0.3 is 0 Å². The second-order valence-electron chi connectivity index (χ2n) is 5.83. The molecule has 2 fully saturated rings. The molecule has 5 nitrogen and oxygen atoms in total. The van der Waals surface area contributed by atoms with E-state index in [1.807, 2.05) is 13.1 Å². The molecular weight excluding hydrogens is 311 g/mol. The summed E-state index contributed by atoms with van der Waals surface area (Å²) in [4.78, 5) is 16.3. The molecule has 1 unspecified atom stereocenters. The van der Waals surface area contributed by atoms with E-state index in [9.17, 15) is 4.79 Å². The monoisotopic (exact) mass is 334 g/mol. The molecule has 2 N–H and O–H groups in total. The molecular formula is C14H24Cl2N4O. The van der Waals surface area contributed by atoms with Crippen molar-refractivity contribution in [1.29, 1.82) is 0 Å². The Morgan fingerprint density at radius 3 is 2.81 bits per heavy atom. The van der Waals surface area contributed by atoms with E-state index < -0.39 is 0 Å².